The molecule has 0 bridgehead atoms. The van der Waals surface area contributed by atoms with Crippen molar-refractivity contribution in [1.82, 2.24) is 10.6 Å². The lowest BCUT2D eigenvalue weighted by Crippen LogP contribution is -2.44. The van der Waals surface area contributed by atoms with E-state index in [1.165, 1.54) is 0 Å². The van der Waals surface area contributed by atoms with Gasteiger partial charge in [0, 0.05) is 24.9 Å². The van der Waals surface area contributed by atoms with E-state index in [1.54, 1.807) is 20.8 Å². The van der Waals surface area contributed by atoms with E-state index in [4.69, 9.17) is 4.74 Å². The molecule has 0 unspecified atom stereocenters. The lowest BCUT2D eigenvalue weighted by atomic mass is 9.82. The molecule has 2 aromatic carbocycles. The number of carbonyl (C=O) groups is 3. The Morgan fingerprint density at radius 1 is 1.00 bits per heavy atom. The molecule has 0 spiro atoms. The standard InChI is InChI=1S/C26H32N2O5/c1-4-26(5-2,24(30)31)16-27-23(29)14-17(3)28-25(32)33-15-22-20-12-8-6-10-18(20)19-11-7-9-13-21(19)22/h6-13,17,22H,4-5,14-16H2,1-3H3,(H,27,29)(H,28,32)(H,30,31)/t17-/m0/s1. The monoisotopic (exact) mass is 452 g/mol. The fourth-order valence-corrected chi connectivity index (χ4v) is 4.39. The van der Waals surface area contributed by atoms with Gasteiger partial charge in [0.15, 0.2) is 0 Å². The Morgan fingerprint density at radius 3 is 2.06 bits per heavy atom. The molecule has 0 heterocycles. The van der Waals surface area contributed by atoms with Crippen LogP contribution in [0.25, 0.3) is 11.1 Å². The van der Waals surface area contributed by atoms with Crippen molar-refractivity contribution >= 4 is 18.0 Å². The molecule has 3 rings (SSSR count). The van der Waals surface area contributed by atoms with Gasteiger partial charge in [-0.15, -0.1) is 0 Å². The SMILES string of the molecule is CCC(CC)(CNC(=O)C[C@H](C)NC(=O)OCC1c2ccccc2-c2ccccc21)C(=O)O. The minimum absolute atomic E-state index is 0.0333. The van der Waals surface area contributed by atoms with E-state index in [1.807, 2.05) is 24.3 Å². The average molecular weight is 453 g/mol. The number of alkyl carbamates (subject to hydrolysis) is 1. The summed E-state index contributed by atoms with van der Waals surface area (Å²) in [5.41, 5.74) is 3.60. The molecule has 3 N–H and O–H groups in total. The molecule has 0 saturated carbocycles. The van der Waals surface area contributed by atoms with E-state index < -0.39 is 23.5 Å². The summed E-state index contributed by atoms with van der Waals surface area (Å²) >= 11 is 0. The third-order valence-electron chi connectivity index (χ3n) is 6.63. The van der Waals surface area contributed by atoms with Gasteiger partial charge in [0.2, 0.25) is 5.91 Å². The van der Waals surface area contributed by atoms with Crippen molar-refractivity contribution in [2.45, 2.75) is 52.0 Å². The maximum Gasteiger partial charge on any atom is 0.407 e. The summed E-state index contributed by atoms with van der Waals surface area (Å²) < 4.78 is 5.51. The highest BCUT2D eigenvalue weighted by molar-refractivity contribution is 5.80. The number of rotatable bonds is 10. The normalized spacial score (nSPS) is 13.5. The van der Waals surface area contributed by atoms with Crippen molar-refractivity contribution in [3.63, 3.8) is 0 Å². The highest BCUT2D eigenvalue weighted by Gasteiger charge is 2.35. The summed E-state index contributed by atoms with van der Waals surface area (Å²) in [5, 5.41) is 14.9. The van der Waals surface area contributed by atoms with Crippen LogP contribution in [-0.4, -0.2) is 42.3 Å². The minimum atomic E-state index is -0.973. The van der Waals surface area contributed by atoms with Crippen molar-refractivity contribution in [3.8, 4) is 11.1 Å². The fourth-order valence-electron chi connectivity index (χ4n) is 4.39. The smallest absolute Gasteiger partial charge is 0.407 e. The molecule has 1 atom stereocenters. The molecule has 0 saturated heterocycles. The van der Waals surface area contributed by atoms with Gasteiger partial charge in [0.1, 0.15) is 6.61 Å². The Morgan fingerprint density at radius 2 is 1.55 bits per heavy atom. The summed E-state index contributed by atoms with van der Waals surface area (Å²) in [6.07, 6.45) is 0.297. The molecule has 0 aliphatic heterocycles. The molecule has 176 valence electrons. The lowest BCUT2D eigenvalue weighted by Gasteiger charge is -2.27. The number of amides is 2. The number of aliphatic carboxylic acids is 1. The zero-order valence-corrected chi connectivity index (χ0v) is 19.4. The van der Waals surface area contributed by atoms with E-state index in [2.05, 4.69) is 34.9 Å². The molecule has 1 aliphatic rings. The van der Waals surface area contributed by atoms with Crippen LogP contribution in [0.4, 0.5) is 4.79 Å². The van der Waals surface area contributed by atoms with Gasteiger partial charge in [-0.1, -0.05) is 62.4 Å². The van der Waals surface area contributed by atoms with E-state index in [-0.39, 0.29) is 31.4 Å². The lowest BCUT2D eigenvalue weighted by molar-refractivity contribution is -0.149. The van der Waals surface area contributed by atoms with Crippen molar-refractivity contribution in [2.75, 3.05) is 13.2 Å². The highest BCUT2D eigenvalue weighted by atomic mass is 16.5. The largest absolute Gasteiger partial charge is 0.481 e. The van der Waals surface area contributed by atoms with Crippen LogP contribution in [0, 0.1) is 5.41 Å². The summed E-state index contributed by atoms with van der Waals surface area (Å²) in [6, 6.07) is 15.8. The Labute approximate surface area is 194 Å². The Balaban J connectivity index is 1.50. The first-order chi connectivity index (χ1) is 15.8. The van der Waals surface area contributed by atoms with Crippen LogP contribution in [0.3, 0.4) is 0 Å². The molecule has 2 amide bonds. The summed E-state index contributed by atoms with van der Waals surface area (Å²) in [5.74, 6) is -1.26. The van der Waals surface area contributed by atoms with Crippen molar-refractivity contribution in [2.24, 2.45) is 5.41 Å². The van der Waals surface area contributed by atoms with Gasteiger partial charge in [-0.05, 0) is 42.0 Å². The summed E-state index contributed by atoms with van der Waals surface area (Å²) in [7, 11) is 0. The van der Waals surface area contributed by atoms with Crippen LogP contribution in [0.5, 0.6) is 0 Å². The third-order valence-corrected chi connectivity index (χ3v) is 6.63. The van der Waals surface area contributed by atoms with Crippen molar-refractivity contribution in [3.05, 3.63) is 59.7 Å². The second-order valence-corrected chi connectivity index (χ2v) is 8.64. The van der Waals surface area contributed by atoms with Gasteiger partial charge in [0.05, 0.1) is 5.41 Å². The Kier molecular flexibility index (Phi) is 7.74. The number of hydrogen-bond donors (Lipinski definition) is 3. The van der Waals surface area contributed by atoms with Crippen molar-refractivity contribution < 1.29 is 24.2 Å². The van der Waals surface area contributed by atoms with Gasteiger partial charge in [-0.3, -0.25) is 9.59 Å². The highest BCUT2D eigenvalue weighted by Crippen LogP contribution is 2.44. The maximum absolute atomic E-state index is 12.4. The number of carboxylic acids is 1. The van der Waals surface area contributed by atoms with E-state index >= 15 is 0 Å². The molecular formula is C26H32N2O5. The predicted octanol–water partition coefficient (Wildman–Crippen LogP) is 4.31. The number of hydrogen-bond acceptors (Lipinski definition) is 4. The number of ether oxygens (including phenoxy) is 1. The topological polar surface area (TPSA) is 105 Å². The number of carbonyl (C=O) groups excluding carboxylic acids is 2. The fraction of sp³-hybridized carbons (Fsp3) is 0.423. The summed E-state index contributed by atoms with van der Waals surface area (Å²) in [6.45, 7) is 5.57. The predicted molar refractivity (Wildman–Crippen MR) is 126 cm³/mol. The first-order valence-electron chi connectivity index (χ1n) is 11.4. The zero-order valence-electron chi connectivity index (χ0n) is 19.4. The van der Waals surface area contributed by atoms with Gasteiger partial charge in [0.25, 0.3) is 0 Å². The molecular weight excluding hydrogens is 420 g/mol. The zero-order chi connectivity index (χ0) is 24.0. The second-order valence-electron chi connectivity index (χ2n) is 8.64. The Hall–Kier alpha value is -3.35. The minimum Gasteiger partial charge on any atom is -0.481 e. The molecule has 1 aliphatic carbocycles. The van der Waals surface area contributed by atoms with E-state index in [0.29, 0.717) is 12.8 Å². The van der Waals surface area contributed by atoms with E-state index in [0.717, 1.165) is 22.3 Å². The molecule has 0 fully saturated rings. The maximum atomic E-state index is 12.4. The second kappa shape index (κ2) is 10.5. The van der Waals surface area contributed by atoms with Crippen LogP contribution in [0.1, 0.15) is 57.1 Å². The molecule has 33 heavy (non-hydrogen) atoms. The molecule has 0 aromatic heterocycles. The Bertz CT molecular complexity index is 970. The molecule has 2 aromatic rings. The molecule has 0 radical (unpaired) electrons. The van der Waals surface area contributed by atoms with Crippen LogP contribution < -0.4 is 10.6 Å². The third kappa shape index (κ3) is 5.35. The number of benzene rings is 2. The number of nitrogens with one attached hydrogen (secondary N) is 2. The van der Waals surface area contributed by atoms with Gasteiger partial charge in [-0.25, -0.2) is 4.79 Å². The molecule has 7 heteroatoms. The number of fused-ring (bicyclic) bond motifs is 3. The first kappa shape index (κ1) is 24.3. The summed E-state index contributed by atoms with van der Waals surface area (Å²) in [4.78, 5) is 36.2. The van der Waals surface area contributed by atoms with Gasteiger partial charge >= 0.3 is 12.1 Å². The molecule has 7 nitrogen and oxygen atoms in total. The van der Waals surface area contributed by atoms with Crippen LogP contribution in [-0.2, 0) is 14.3 Å². The van der Waals surface area contributed by atoms with Crippen molar-refractivity contribution in [1.29, 1.82) is 0 Å². The van der Waals surface area contributed by atoms with Crippen LogP contribution in [0.15, 0.2) is 48.5 Å². The van der Waals surface area contributed by atoms with Crippen LogP contribution >= 0.6 is 0 Å². The quantitative estimate of drug-likeness (QED) is 0.498. The van der Waals surface area contributed by atoms with Crippen LogP contribution in [0.2, 0.25) is 0 Å². The van der Waals surface area contributed by atoms with Gasteiger partial charge < -0.3 is 20.5 Å². The van der Waals surface area contributed by atoms with Gasteiger partial charge in [-0.2, -0.15) is 0 Å². The number of carboxylic acid groups (broad SMARTS) is 1. The first-order valence-corrected chi connectivity index (χ1v) is 11.4. The average Bonchev–Trinajstić information content (AvgIpc) is 3.12. The van der Waals surface area contributed by atoms with E-state index in [9.17, 15) is 19.5 Å².